The highest BCUT2D eigenvalue weighted by molar-refractivity contribution is 5.94. The average Bonchev–Trinajstić information content (AvgIpc) is 3.33. The number of hydrogen-bond acceptors (Lipinski definition) is 5. The lowest BCUT2D eigenvalue weighted by Crippen LogP contribution is -2.48. The van der Waals surface area contributed by atoms with Crippen LogP contribution in [0.5, 0.6) is 0 Å². The maximum absolute atomic E-state index is 13.3. The van der Waals surface area contributed by atoms with E-state index in [4.69, 9.17) is 4.74 Å². The maximum atomic E-state index is 13.3. The maximum Gasteiger partial charge on any atom is 0.253 e. The Morgan fingerprint density at radius 1 is 0.861 bits per heavy atom. The Balaban J connectivity index is 1.15. The van der Waals surface area contributed by atoms with Crippen LogP contribution in [-0.4, -0.2) is 65.8 Å². The summed E-state index contributed by atoms with van der Waals surface area (Å²) in [5.74, 6) is -0.253. The summed E-state index contributed by atoms with van der Waals surface area (Å²) in [7, 11) is 0. The summed E-state index contributed by atoms with van der Waals surface area (Å²) < 4.78 is 19.1. The average molecular weight is 488 g/mol. The number of benzene rings is 3. The first-order chi connectivity index (χ1) is 17.6. The van der Waals surface area contributed by atoms with E-state index in [0.717, 1.165) is 37.0 Å². The fourth-order valence-corrected chi connectivity index (χ4v) is 4.87. The van der Waals surface area contributed by atoms with Crippen LogP contribution in [0, 0.1) is 5.82 Å². The quantitative estimate of drug-likeness (QED) is 0.474. The lowest BCUT2D eigenvalue weighted by molar-refractivity contribution is -0.123. The van der Waals surface area contributed by atoms with Gasteiger partial charge in [-0.3, -0.25) is 19.4 Å². The monoisotopic (exact) mass is 487 g/mol. The summed E-state index contributed by atoms with van der Waals surface area (Å²) in [6.07, 6.45) is -0.158. The number of carbonyl (C=O) groups excluding carboxylic acids is 2. The molecular weight excluding hydrogens is 457 g/mol. The van der Waals surface area contributed by atoms with Crippen LogP contribution in [0.25, 0.3) is 0 Å². The summed E-state index contributed by atoms with van der Waals surface area (Å²) in [4.78, 5) is 30.9. The molecule has 0 spiro atoms. The van der Waals surface area contributed by atoms with E-state index in [2.05, 4.69) is 29.2 Å². The second-order valence-electron chi connectivity index (χ2n) is 9.38. The van der Waals surface area contributed by atoms with Crippen LogP contribution >= 0.6 is 0 Å². The zero-order valence-electron chi connectivity index (χ0n) is 20.1. The van der Waals surface area contributed by atoms with Gasteiger partial charge in [0.2, 0.25) is 0 Å². The number of halogens is 1. The predicted octanol–water partition coefficient (Wildman–Crippen LogP) is 3.88. The molecule has 3 aromatic rings. The molecule has 0 N–H and O–H groups in total. The van der Waals surface area contributed by atoms with Crippen LogP contribution < -0.4 is 0 Å². The molecule has 2 heterocycles. The highest BCUT2D eigenvalue weighted by Gasteiger charge is 2.33. The second kappa shape index (κ2) is 11.1. The van der Waals surface area contributed by atoms with E-state index in [9.17, 15) is 14.0 Å². The van der Waals surface area contributed by atoms with Crippen molar-refractivity contribution < 1.29 is 18.7 Å². The summed E-state index contributed by atoms with van der Waals surface area (Å²) in [5, 5.41) is 0. The molecule has 2 aliphatic heterocycles. The van der Waals surface area contributed by atoms with Crippen molar-refractivity contribution >= 4 is 12.2 Å². The van der Waals surface area contributed by atoms with Crippen molar-refractivity contribution in [3.63, 3.8) is 0 Å². The van der Waals surface area contributed by atoms with Crippen LogP contribution in [0.2, 0.25) is 0 Å². The highest BCUT2D eigenvalue weighted by Crippen LogP contribution is 2.29. The van der Waals surface area contributed by atoms with E-state index in [0.29, 0.717) is 31.7 Å². The number of ether oxygens (including phenoxy) is 1. The standard InChI is InChI=1S/C29H30FN3O3/c30-26-12-10-24(11-13-26)27-20-33(28(21-34)36-27)19-23-6-8-25(9-7-23)29(35)32-16-14-31(15-17-32)18-22-4-2-1-3-5-22/h1-13,21,27-28H,14-20H2. The Hall–Kier alpha value is -3.39. The number of piperazine rings is 1. The minimum atomic E-state index is -0.659. The van der Waals surface area contributed by atoms with Crippen molar-refractivity contribution in [3.05, 3.63) is 107 Å². The molecule has 2 unspecified atom stereocenters. The number of amides is 1. The van der Waals surface area contributed by atoms with E-state index < -0.39 is 6.23 Å². The molecule has 2 aliphatic rings. The smallest absolute Gasteiger partial charge is 0.253 e. The van der Waals surface area contributed by atoms with Gasteiger partial charge in [-0.15, -0.1) is 0 Å². The molecule has 2 saturated heterocycles. The van der Waals surface area contributed by atoms with Crippen molar-refractivity contribution in [2.75, 3.05) is 32.7 Å². The third-order valence-electron chi connectivity index (χ3n) is 6.92. The number of aldehydes is 1. The SMILES string of the molecule is O=CC1OC(c2ccc(F)cc2)CN1Cc1ccc(C(=O)N2CCN(Cc3ccccc3)CC2)cc1. The summed E-state index contributed by atoms with van der Waals surface area (Å²) in [6.45, 7) is 5.10. The third kappa shape index (κ3) is 5.70. The first-order valence-electron chi connectivity index (χ1n) is 12.3. The van der Waals surface area contributed by atoms with Crippen LogP contribution in [0.15, 0.2) is 78.9 Å². The summed E-state index contributed by atoms with van der Waals surface area (Å²) in [5.41, 5.74) is 3.80. The van der Waals surface area contributed by atoms with Gasteiger partial charge in [-0.05, 0) is 41.0 Å². The predicted molar refractivity (Wildman–Crippen MR) is 135 cm³/mol. The van der Waals surface area contributed by atoms with Gasteiger partial charge in [0.15, 0.2) is 12.5 Å². The first-order valence-corrected chi connectivity index (χ1v) is 12.3. The fourth-order valence-electron chi connectivity index (χ4n) is 4.87. The fraction of sp³-hybridized carbons (Fsp3) is 0.310. The number of rotatable bonds is 7. The topological polar surface area (TPSA) is 53.1 Å². The van der Waals surface area contributed by atoms with Crippen molar-refractivity contribution in [2.45, 2.75) is 25.4 Å². The molecule has 7 heteroatoms. The lowest BCUT2D eigenvalue weighted by Gasteiger charge is -2.34. The van der Waals surface area contributed by atoms with Gasteiger partial charge in [-0.2, -0.15) is 0 Å². The molecule has 0 saturated carbocycles. The lowest BCUT2D eigenvalue weighted by atomic mass is 10.1. The van der Waals surface area contributed by atoms with Gasteiger partial charge in [0, 0.05) is 51.4 Å². The van der Waals surface area contributed by atoms with Crippen molar-refractivity contribution in [3.8, 4) is 0 Å². The Kier molecular flexibility index (Phi) is 7.51. The zero-order valence-corrected chi connectivity index (χ0v) is 20.1. The van der Waals surface area contributed by atoms with E-state index >= 15 is 0 Å². The molecule has 0 radical (unpaired) electrons. The van der Waals surface area contributed by atoms with Gasteiger partial charge < -0.3 is 9.64 Å². The molecule has 0 aliphatic carbocycles. The largest absolute Gasteiger partial charge is 0.347 e. The van der Waals surface area contributed by atoms with Gasteiger partial charge in [0.25, 0.3) is 5.91 Å². The summed E-state index contributed by atoms with van der Waals surface area (Å²) in [6, 6.07) is 24.2. The zero-order chi connectivity index (χ0) is 24.9. The molecular formula is C29H30FN3O3. The molecule has 1 amide bonds. The van der Waals surface area contributed by atoms with Gasteiger partial charge in [0.1, 0.15) is 5.82 Å². The Labute approximate surface area is 210 Å². The van der Waals surface area contributed by atoms with Gasteiger partial charge in [-0.1, -0.05) is 54.6 Å². The molecule has 36 heavy (non-hydrogen) atoms. The molecule has 0 aromatic heterocycles. The van der Waals surface area contributed by atoms with Crippen molar-refractivity contribution in [2.24, 2.45) is 0 Å². The van der Waals surface area contributed by atoms with Crippen LogP contribution in [0.3, 0.4) is 0 Å². The molecule has 186 valence electrons. The normalized spacial score (nSPS) is 21.0. The molecule has 6 nitrogen and oxygen atoms in total. The number of carbonyl (C=O) groups is 2. The van der Waals surface area contributed by atoms with Crippen molar-refractivity contribution in [1.29, 1.82) is 0 Å². The number of hydrogen-bond donors (Lipinski definition) is 0. The van der Waals surface area contributed by atoms with Crippen LogP contribution in [0.1, 0.15) is 33.2 Å². The summed E-state index contributed by atoms with van der Waals surface area (Å²) >= 11 is 0. The minimum Gasteiger partial charge on any atom is -0.347 e. The number of nitrogens with zero attached hydrogens (tertiary/aromatic N) is 3. The second-order valence-corrected chi connectivity index (χ2v) is 9.38. The van der Waals surface area contributed by atoms with Crippen LogP contribution in [-0.2, 0) is 22.6 Å². The molecule has 2 atom stereocenters. The van der Waals surface area contributed by atoms with Crippen molar-refractivity contribution in [1.82, 2.24) is 14.7 Å². The van der Waals surface area contributed by atoms with E-state index in [1.807, 2.05) is 40.1 Å². The van der Waals surface area contributed by atoms with E-state index in [-0.39, 0.29) is 17.8 Å². The molecule has 0 bridgehead atoms. The minimum absolute atomic E-state index is 0.0487. The van der Waals surface area contributed by atoms with Gasteiger partial charge in [0.05, 0.1) is 6.10 Å². The highest BCUT2D eigenvalue weighted by atomic mass is 19.1. The van der Waals surface area contributed by atoms with E-state index in [1.165, 1.54) is 17.7 Å². The Bertz CT molecular complexity index is 1160. The molecule has 5 rings (SSSR count). The Morgan fingerprint density at radius 2 is 1.53 bits per heavy atom. The van der Waals surface area contributed by atoms with E-state index in [1.54, 1.807) is 12.1 Å². The Morgan fingerprint density at radius 3 is 2.19 bits per heavy atom. The van der Waals surface area contributed by atoms with Gasteiger partial charge in [-0.25, -0.2) is 4.39 Å². The molecule has 3 aromatic carbocycles. The third-order valence-corrected chi connectivity index (χ3v) is 6.92. The van der Waals surface area contributed by atoms with Gasteiger partial charge >= 0.3 is 0 Å². The van der Waals surface area contributed by atoms with Crippen LogP contribution in [0.4, 0.5) is 4.39 Å². The first kappa shape index (κ1) is 24.3. The molecule has 2 fully saturated rings.